The van der Waals surface area contributed by atoms with E-state index >= 15 is 0 Å². The molecule has 8 heteroatoms. The van der Waals surface area contributed by atoms with E-state index in [9.17, 15) is 22.8 Å². The van der Waals surface area contributed by atoms with Crippen LogP contribution in [0.5, 0.6) is 0 Å². The number of carbonyl (C=O) groups excluding carboxylic acids is 1. The van der Waals surface area contributed by atoms with Gasteiger partial charge in [0.2, 0.25) is 0 Å². The van der Waals surface area contributed by atoms with Crippen LogP contribution in [-0.2, 0) is 9.53 Å². The van der Waals surface area contributed by atoms with Gasteiger partial charge in [-0.3, -0.25) is 4.79 Å². The van der Waals surface area contributed by atoms with Crippen molar-refractivity contribution in [2.24, 2.45) is 11.8 Å². The number of amides is 1. The molecule has 0 aromatic carbocycles. The molecule has 110 valence electrons. The quantitative estimate of drug-likeness (QED) is 0.814. The van der Waals surface area contributed by atoms with Crippen LogP contribution in [-0.4, -0.2) is 35.0 Å². The van der Waals surface area contributed by atoms with Crippen LogP contribution in [0, 0.1) is 11.8 Å². The van der Waals surface area contributed by atoms with E-state index < -0.39 is 48.1 Å². The Kier molecular flexibility index (Phi) is 4.02. The second kappa shape index (κ2) is 4.90. The minimum Gasteiger partial charge on any atom is -0.481 e. The van der Waals surface area contributed by atoms with Crippen LogP contribution in [0.1, 0.15) is 27.2 Å². The second-order valence-electron chi connectivity index (χ2n) is 5.50. The fourth-order valence-electron chi connectivity index (χ4n) is 1.89. The van der Waals surface area contributed by atoms with Crippen LogP contribution in [0.3, 0.4) is 0 Å². The first kappa shape index (κ1) is 15.6. The SMILES string of the molecule is CC(C)(C)OC(=O)N[C@H]1[C@H](C(F)(F)F)C[C@H]1C(=O)O. The van der Waals surface area contributed by atoms with E-state index in [2.05, 4.69) is 0 Å². The summed E-state index contributed by atoms with van der Waals surface area (Å²) >= 11 is 0. The molecule has 0 aromatic rings. The van der Waals surface area contributed by atoms with E-state index in [1.807, 2.05) is 5.32 Å². The molecule has 0 aliphatic heterocycles. The lowest BCUT2D eigenvalue weighted by atomic mass is 9.69. The van der Waals surface area contributed by atoms with Gasteiger partial charge in [-0.2, -0.15) is 13.2 Å². The van der Waals surface area contributed by atoms with Crippen LogP contribution in [0.4, 0.5) is 18.0 Å². The van der Waals surface area contributed by atoms with Gasteiger partial charge in [-0.25, -0.2) is 4.79 Å². The Hall–Kier alpha value is -1.47. The maximum Gasteiger partial charge on any atom is 0.407 e. The second-order valence-corrected chi connectivity index (χ2v) is 5.50. The van der Waals surface area contributed by atoms with Gasteiger partial charge < -0.3 is 15.2 Å². The number of carbonyl (C=O) groups is 2. The number of hydrogen-bond acceptors (Lipinski definition) is 3. The van der Waals surface area contributed by atoms with Crippen molar-refractivity contribution in [1.29, 1.82) is 0 Å². The average molecular weight is 283 g/mol. The Labute approximate surface area is 108 Å². The van der Waals surface area contributed by atoms with Crippen molar-refractivity contribution in [3.8, 4) is 0 Å². The molecule has 1 aliphatic rings. The van der Waals surface area contributed by atoms with E-state index in [4.69, 9.17) is 9.84 Å². The summed E-state index contributed by atoms with van der Waals surface area (Å²) in [6.07, 6.45) is -6.11. The van der Waals surface area contributed by atoms with Crippen molar-refractivity contribution in [2.45, 2.75) is 45.0 Å². The van der Waals surface area contributed by atoms with E-state index in [0.717, 1.165) is 0 Å². The number of alkyl halides is 3. The smallest absolute Gasteiger partial charge is 0.407 e. The largest absolute Gasteiger partial charge is 0.481 e. The topological polar surface area (TPSA) is 75.6 Å². The summed E-state index contributed by atoms with van der Waals surface area (Å²) in [6, 6.07) is -1.48. The van der Waals surface area contributed by atoms with Crippen LogP contribution < -0.4 is 5.32 Å². The van der Waals surface area contributed by atoms with Gasteiger partial charge >= 0.3 is 18.2 Å². The fraction of sp³-hybridized carbons (Fsp3) is 0.818. The summed E-state index contributed by atoms with van der Waals surface area (Å²) < 4.78 is 42.6. The molecule has 0 aromatic heterocycles. The lowest BCUT2D eigenvalue weighted by molar-refractivity contribution is -0.217. The first-order valence-corrected chi connectivity index (χ1v) is 5.71. The molecule has 0 saturated heterocycles. The van der Waals surface area contributed by atoms with Crippen molar-refractivity contribution in [1.82, 2.24) is 5.32 Å². The number of carboxylic acid groups (broad SMARTS) is 1. The van der Waals surface area contributed by atoms with E-state index in [-0.39, 0.29) is 0 Å². The molecule has 0 radical (unpaired) electrons. The standard InChI is InChI=1S/C11H16F3NO4/c1-10(2,3)19-9(18)15-7-5(8(16)17)4-6(7)11(12,13)14/h5-7H,4H2,1-3H3,(H,15,18)(H,16,17)/t5-,6-,7-/m1/s1. The zero-order chi connectivity index (χ0) is 15.0. The summed E-state index contributed by atoms with van der Waals surface area (Å²) in [5.74, 6) is -4.44. The third-order valence-corrected chi connectivity index (χ3v) is 2.80. The van der Waals surface area contributed by atoms with E-state index in [0.29, 0.717) is 0 Å². The highest BCUT2D eigenvalue weighted by molar-refractivity contribution is 5.75. The third kappa shape index (κ3) is 4.00. The van der Waals surface area contributed by atoms with Crippen molar-refractivity contribution < 1.29 is 32.6 Å². The number of carboxylic acids is 1. The van der Waals surface area contributed by atoms with Crippen LogP contribution in [0.25, 0.3) is 0 Å². The number of halogens is 3. The molecule has 1 rings (SSSR count). The van der Waals surface area contributed by atoms with Gasteiger partial charge in [-0.1, -0.05) is 0 Å². The molecule has 19 heavy (non-hydrogen) atoms. The van der Waals surface area contributed by atoms with Gasteiger partial charge in [0, 0.05) is 0 Å². The number of rotatable bonds is 2. The van der Waals surface area contributed by atoms with Crippen LogP contribution in [0.15, 0.2) is 0 Å². The minimum atomic E-state index is -4.54. The molecule has 1 saturated carbocycles. The Morgan fingerprint density at radius 2 is 1.79 bits per heavy atom. The van der Waals surface area contributed by atoms with Gasteiger partial charge in [-0.05, 0) is 27.2 Å². The van der Waals surface area contributed by atoms with Crippen LogP contribution >= 0.6 is 0 Å². The Morgan fingerprint density at radius 1 is 1.26 bits per heavy atom. The predicted octanol–water partition coefficient (Wildman–Crippen LogP) is 2.16. The van der Waals surface area contributed by atoms with Gasteiger partial charge in [0.05, 0.1) is 17.9 Å². The normalized spacial score (nSPS) is 27.4. The third-order valence-electron chi connectivity index (χ3n) is 2.80. The van der Waals surface area contributed by atoms with Crippen molar-refractivity contribution >= 4 is 12.1 Å². The number of aliphatic carboxylic acids is 1. The molecule has 3 atom stereocenters. The lowest BCUT2D eigenvalue weighted by Crippen LogP contribution is -2.61. The summed E-state index contributed by atoms with van der Waals surface area (Å²) in [4.78, 5) is 22.2. The highest BCUT2D eigenvalue weighted by Gasteiger charge is 2.58. The molecular weight excluding hydrogens is 267 g/mol. The zero-order valence-electron chi connectivity index (χ0n) is 10.7. The summed E-state index contributed by atoms with van der Waals surface area (Å²) in [5, 5.41) is 10.8. The first-order chi connectivity index (χ1) is 8.42. The summed E-state index contributed by atoms with van der Waals surface area (Å²) in [5.41, 5.74) is -0.861. The van der Waals surface area contributed by atoms with Crippen molar-refractivity contribution in [3.05, 3.63) is 0 Å². The molecule has 0 unspecified atom stereocenters. The van der Waals surface area contributed by atoms with Crippen LogP contribution in [0.2, 0.25) is 0 Å². The van der Waals surface area contributed by atoms with Gasteiger partial charge in [-0.15, -0.1) is 0 Å². The Balaban J connectivity index is 2.70. The Morgan fingerprint density at radius 3 is 2.16 bits per heavy atom. The van der Waals surface area contributed by atoms with Gasteiger partial charge in [0.15, 0.2) is 0 Å². The first-order valence-electron chi connectivity index (χ1n) is 5.71. The molecule has 1 amide bonds. The number of hydrogen-bond donors (Lipinski definition) is 2. The number of nitrogens with one attached hydrogen (secondary N) is 1. The fourth-order valence-corrected chi connectivity index (χ4v) is 1.89. The van der Waals surface area contributed by atoms with Crippen molar-refractivity contribution in [2.75, 3.05) is 0 Å². The molecule has 1 fully saturated rings. The molecule has 5 nitrogen and oxygen atoms in total. The predicted molar refractivity (Wildman–Crippen MR) is 58.4 cm³/mol. The number of ether oxygens (including phenoxy) is 1. The van der Waals surface area contributed by atoms with E-state index in [1.165, 1.54) is 0 Å². The molecule has 1 aliphatic carbocycles. The molecule has 0 heterocycles. The maximum atomic E-state index is 12.6. The zero-order valence-corrected chi connectivity index (χ0v) is 10.7. The maximum absolute atomic E-state index is 12.6. The number of alkyl carbamates (subject to hydrolysis) is 1. The molecule has 2 N–H and O–H groups in total. The van der Waals surface area contributed by atoms with Gasteiger partial charge in [0.25, 0.3) is 0 Å². The van der Waals surface area contributed by atoms with Gasteiger partial charge in [0.1, 0.15) is 5.60 Å². The lowest BCUT2D eigenvalue weighted by Gasteiger charge is -2.43. The Bertz CT molecular complexity index is 375. The summed E-state index contributed by atoms with van der Waals surface area (Å²) in [6.45, 7) is 4.68. The van der Waals surface area contributed by atoms with E-state index in [1.54, 1.807) is 20.8 Å². The summed E-state index contributed by atoms with van der Waals surface area (Å²) in [7, 11) is 0. The minimum absolute atomic E-state index is 0.528. The molecule has 0 bridgehead atoms. The highest BCUT2D eigenvalue weighted by atomic mass is 19.4. The highest BCUT2D eigenvalue weighted by Crippen LogP contribution is 2.45. The molecule has 0 spiro atoms. The monoisotopic (exact) mass is 283 g/mol. The average Bonchev–Trinajstić information content (AvgIpc) is 2.06. The van der Waals surface area contributed by atoms with Crippen molar-refractivity contribution in [3.63, 3.8) is 0 Å². The molecular formula is C11H16F3NO4.